The molecule has 0 fully saturated rings. The topological polar surface area (TPSA) is 62.1 Å². The van der Waals surface area contributed by atoms with E-state index in [4.69, 9.17) is 10.00 Å². The highest BCUT2D eigenvalue weighted by molar-refractivity contribution is 5.81. The van der Waals surface area contributed by atoms with Gasteiger partial charge in [-0.3, -0.25) is 4.79 Å². The molecule has 0 bridgehead atoms. The Kier molecular flexibility index (Phi) is 7.94. The molecule has 0 heterocycles. The van der Waals surface area contributed by atoms with Crippen LogP contribution in [-0.2, 0) is 11.0 Å². The third-order valence-corrected chi connectivity index (χ3v) is 3.99. The molecule has 26 heavy (non-hydrogen) atoms. The van der Waals surface area contributed by atoms with Gasteiger partial charge in [0.05, 0.1) is 17.2 Å². The standard InChI is InChI=1S/C19H25F3N2O2/c1-5-13(4)11-24-18(25)17(8-12(2)3)26-15-7-6-14(10-23)16(9-15)19(20,21)22/h6-7,9,12-13,17H,5,8,11H2,1-4H3,(H,24,25). The summed E-state index contributed by atoms with van der Waals surface area (Å²) in [4.78, 5) is 12.4. The summed E-state index contributed by atoms with van der Waals surface area (Å²) in [6.07, 6.45) is -4.29. The number of benzene rings is 1. The normalized spacial score (nSPS) is 13.8. The minimum atomic E-state index is -4.67. The molecule has 2 unspecified atom stereocenters. The van der Waals surface area contributed by atoms with Crippen molar-refractivity contribution in [2.24, 2.45) is 11.8 Å². The Labute approximate surface area is 152 Å². The zero-order valence-electron chi connectivity index (χ0n) is 15.5. The van der Waals surface area contributed by atoms with Crippen LogP contribution in [0.3, 0.4) is 0 Å². The van der Waals surface area contributed by atoms with E-state index in [2.05, 4.69) is 5.32 Å². The Balaban J connectivity index is 3.01. The maximum absolute atomic E-state index is 13.1. The number of carbonyl (C=O) groups excluding carboxylic acids is 1. The van der Waals surface area contributed by atoms with Crippen molar-refractivity contribution in [3.05, 3.63) is 29.3 Å². The van der Waals surface area contributed by atoms with E-state index in [1.165, 1.54) is 12.1 Å². The summed E-state index contributed by atoms with van der Waals surface area (Å²) in [6.45, 7) is 8.29. The zero-order chi connectivity index (χ0) is 19.9. The van der Waals surface area contributed by atoms with Crippen LogP contribution in [0.2, 0.25) is 0 Å². The van der Waals surface area contributed by atoms with Crippen LogP contribution in [0.25, 0.3) is 0 Å². The summed E-state index contributed by atoms with van der Waals surface area (Å²) in [5.41, 5.74) is -1.55. The molecule has 1 N–H and O–H groups in total. The van der Waals surface area contributed by atoms with Crippen LogP contribution < -0.4 is 10.1 Å². The van der Waals surface area contributed by atoms with Crippen LogP contribution in [0, 0.1) is 23.2 Å². The lowest BCUT2D eigenvalue weighted by Crippen LogP contribution is -2.41. The molecular formula is C19H25F3N2O2. The van der Waals surface area contributed by atoms with E-state index < -0.39 is 23.4 Å². The molecule has 0 saturated carbocycles. The van der Waals surface area contributed by atoms with Crippen LogP contribution in [0.1, 0.15) is 51.7 Å². The number of nitriles is 1. The minimum Gasteiger partial charge on any atom is -0.481 e. The van der Waals surface area contributed by atoms with Gasteiger partial charge < -0.3 is 10.1 Å². The highest BCUT2D eigenvalue weighted by Gasteiger charge is 2.34. The number of ether oxygens (including phenoxy) is 1. The number of amides is 1. The summed E-state index contributed by atoms with van der Waals surface area (Å²) >= 11 is 0. The van der Waals surface area contributed by atoms with Crippen molar-refractivity contribution in [1.82, 2.24) is 5.32 Å². The first-order chi connectivity index (χ1) is 12.1. The van der Waals surface area contributed by atoms with Gasteiger partial charge in [0, 0.05) is 6.54 Å². The maximum Gasteiger partial charge on any atom is 0.417 e. The number of nitrogens with one attached hydrogen (secondary N) is 1. The molecule has 7 heteroatoms. The molecule has 4 nitrogen and oxygen atoms in total. The molecule has 1 amide bonds. The van der Waals surface area contributed by atoms with Crippen molar-refractivity contribution in [2.45, 2.75) is 52.8 Å². The highest BCUT2D eigenvalue weighted by atomic mass is 19.4. The van der Waals surface area contributed by atoms with Crippen LogP contribution in [0.5, 0.6) is 5.75 Å². The van der Waals surface area contributed by atoms with Gasteiger partial charge in [0.25, 0.3) is 5.91 Å². The lowest BCUT2D eigenvalue weighted by Gasteiger charge is -2.22. The van der Waals surface area contributed by atoms with E-state index in [1.54, 1.807) is 0 Å². The van der Waals surface area contributed by atoms with Gasteiger partial charge in [-0.15, -0.1) is 0 Å². The Morgan fingerprint density at radius 1 is 1.31 bits per heavy atom. The number of nitrogens with zero attached hydrogens (tertiary/aromatic N) is 1. The Morgan fingerprint density at radius 2 is 1.96 bits per heavy atom. The van der Waals surface area contributed by atoms with Crippen LogP contribution in [0.4, 0.5) is 13.2 Å². The second-order valence-corrected chi connectivity index (χ2v) is 6.81. The van der Waals surface area contributed by atoms with Crippen molar-refractivity contribution < 1.29 is 22.7 Å². The zero-order valence-corrected chi connectivity index (χ0v) is 15.5. The van der Waals surface area contributed by atoms with E-state index in [0.717, 1.165) is 18.6 Å². The molecular weight excluding hydrogens is 345 g/mol. The molecule has 0 aliphatic carbocycles. The summed E-state index contributed by atoms with van der Waals surface area (Å²) in [5.74, 6) is -0.0159. The molecule has 1 rings (SSSR count). The van der Waals surface area contributed by atoms with E-state index in [0.29, 0.717) is 18.9 Å². The van der Waals surface area contributed by atoms with E-state index in [9.17, 15) is 18.0 Å². The molecule has 144 valence electrons. The quantitative estimate of drug-likeness (QED) is 0.731. The van der Waals surface area contributed by atoms with E-state index >= 15 is 0 Å². The van der Waals surface area contributed by atoms with Gasteiger partial charge in [0.2, 0.25) is 0 Å². The summed E-state index contributed by atoms with van der Waals surface area (Å²) < 4.78 is 44.8. The third-order valence-electron chi connectivity index (χ3n) is 3.99. The first kappa shape index (κ1) is 21.8. The van der Waals surface area contributed by atoms with Gasteiger partial charge in [-0.1, -0.05) is 34.1 Å². The molecule has 0 aliphatic rings. The Hall–Kier alpha value is -2.23. The SMILES string of the molecule is CCC(C)CNC(=O)C(CC(C)C)Oc1ccc(C#N)c(C(F)(F)F)c1. The lowest BCUT2D eigenvalue weighted by atomic mass is 10.0. The lowest BCUT2D eigenvalue weighted by molar-refractivity contribution is -0.137. The fraction of sp³-hybridized carbons (Fsp3) is 0.579. The van der Waals surface area contributed by atoms with Gasteiger partial charge in [-0.2, -0.15) is 18.4 Å². The van der Waals surface area contributed by atoms with Gasteiger partial charge in [-0.05, 0) is 36.5 Å². The fourth-order valence-corrected chi connectivity index (χ4v) is 2.26. The average molecular weight is 370 g/mol. The molecule has 0 spiro atoms. The minimum absolute atomic E-state index is 0.0827. The summed E-state index contributed by atoms with van der Waals surface area (Å²) in [7, 11) is 0. The molecule has 1 aromatic carbocycles. The molecule has 0 aromatic heterocycles. The molecule has 0 aliphatic heterocycles. The number of hydrogen-bond donors (Lipinski definition) is 1. The first-order valence-electron chi connectivity index (χ1n) is 8.64. The predicted octanol–water partition coefficient (Wildman–Crippen LogP) is 4.53. The van der Waals surface area contributed by atoms with Crippen molar-refractivity contribution >= 4 is 5.91 Å². The first-order valence-corrected chi connectivity index (χ1v) is 8.64. The Morgan fingerprint density at radius 3 is 2.46 bits per heavy atom. The monoisotopic (exact) mass is 370 g/mol. The van der Waals surface area contributed by atoms with Crippen LogP contribution in [0.15, 0.2) is 18.2 Å². The largest absolute Gasteiger partial charge is 0.481 e. The number of hydrogen-bond acceptors (Lipinski definition) is 3. The fourth-order valence-electron chi connectivity index (χ4n) is 2.26. The van der Waals surface area contributed by atoms with E-state index in [-0.39, 0.29) is 17.6 Å². The third kappa shape index (κ3) is 6.58. The van der Waals surface area contributed by atoms with Gasteiger partial charge in [0.1, 0.15) is 5.75 Å². The number of halogens is 3. The number of rotatable bonds is 8. The molecule has 2 atom stereocenters. The second-order valence-electron chi connectivity index (χ2n) is 6.81. The highest BCUT2D eigenvalue weighted by Crippen LogP contribution is 2.34. The number of alkyl halides is 3. The van der Waals surface area contributed by atoms with Crippen molar-refractivity contribution in [1.29, 1.82) is 5.26 Å². The molecule has 0 radical (unpaired) electrons. The summed E-state index contributed by atoms with van der Waals surface area (Å²) in [6, 6.07) is 4.63. The van der Waals surface area contributed by atoms with Crippen molar-refractivity contribution in [3.63, 3.8) is 0 Å². The van der Waals surface area contributed by atoms with Crippen LogP contribution >= 0.6 is 0 Å². The number of carbonyl (C=O) groups is 1. The van der Waals surface area contributed by atoms with Crippen LogP contribution in [-0.4, -0.2) is 18.6 Å². The molecule has 1 aromatic rings. The smallest absolute Gasteiger partial charge is 0.417 e. The Bertz CT molecular complexity index is 651. The van der Waals surface area contributed by atoms with Gasteiger partial charge >= 0.3 is 6.18 Å². The van der Waals surface area contributed by atoms with Gasteiger partial charge in [-0.25, -0.2) is 0 Å². The second kappa shape index (κ2) is 9.46. The average Bonchev–Trinajstić information content (AvgIpc) is 2.57. The van der Waals surface area contributed by atoms with E-state index in [1.807, 2.05) is 27.7 Å². The maximum atomic E-state index is 13.1. The predicted molar refractivity (Wildman–Crippen MR) is 92.5 cm³/mol. The van der Waals surface area contributed by atoms with Gasteiger partial charge in [0.15, 0.2) is 6.10 Å². The van der Waals surface area contributed by atoms with Crippen molar-refractivity contribution in [2.75, 3.05) is 6.54 Å². The molecule has 0 saturated heterocycles. The van der Waals surface area contributed by atoms with Crippen molar-refractivity contribution in [3.8, 4) is 11.8 Å². The summed E-state index contributed by atoms with van der Waals surface area (Å²) in [5, 5.41) is 11.6.